The first-order valence-electron chi connectivity index (χ1n) is 25.7. The molecule has 4 heterocycles. The van der Waals surface area contributed by atoms with Gasteiger partial charge in [-0.15, -0.1) is 0 Å². The van der Waals surface area contributed by atoms with Crippen molar-refractivity contribution in [3.8, 4) is 56.2 Å². The summed E-state index contributed by atoms with van der Waals surface area (Å²) < 4.78 is 4.40. The highest BCUT2D eigenvalue weighted by molar-refractivity contribution is 5.93. The van der Waals surface area contributed by atoms with Crippen LogP contribution in [-0.4, -0.2) is 18.8 Å². The molecular weight excluding hydrogens is 925 g/mol. The van der Waals surface area contributed by atoms with Crippen molar-refractivity contribution in [2.45, 2.75) is 0 Å². The summed E-state index contributed by atoms with van der Waals surface area (Å²) in [6.45, 7) is 0. The van der Waals surface area contributed by atoms with Crippen LogP contribution in [0.3, 0.4) is 0 Å². The van der Waals surface area contributed by atoms with Crippen molar-refractivity contribution in [3.05, 3.63) is 291 Å². The summed E-state index contributed by atoms with van der Waals surface area (Å²) in [6, 6.07) is 99.3. The summed E-state index contributed by atoms with van der Waals surface area (Å²) in [5.74, 6) is 0. The zero-order valence-electron chi connectivity index (χ0n) is 41.4. The van der Waals surface area contributed by atoms with Crippen LogP contribution in [0, 0.1) is 0 Å². The van der Waals surface area contributed by atoms with Crippen LogP contribution in [0.25, 0.3) is 89.0 Å². The third-order valence-electron chi connectivity index (χ3n) is 14.5. The molecule has 0 aliphatic carbocycles. The summed E-state index contributed by atoms with van der Waals surface area (Å²) in [5.41, 5.74) is 18.9. The molecule has 6 nitrogen and oxygen atoms in total. The van der Waals surface area contributed by atoms with Crippen molar-refractivity contribution in [2.75, 3.05) is 9.80 Å². The van der Waals surface area contributed by atoms with E-state index in [1.807, 2.05) is 12.1 Å². The topological polar surface area (TPSA) is 41.1 Å². The van der Waals surface area contributed by atoms with Crippen LogP contribution in [-0.2, 0) is 0 Å². The quantitative estimate of drug-likeness (QED) is 0.129. The fourth-order valence-corrected chi connectivity index (χ4v) is 10.8. The lowest BCUT2D eigenvalue weighted by Gasteiger charge is -2.26. The van der Waals surface area contributed by atoms with E-state index in [2.05, 4.69) is 298 Å². The third kappa shape index (κ3) is 8.11. The lowest BCUT2D eigenvalue weighted by atomic mass is 10.0. The number of aromatic nitrogens is 4. The number of pyridine rings is 2. The zero-order chi connectivity index (χ0) is 50.4. The van der Waals surface area contributed by atoms with Gasteiger partial charge >= 0.3 is 0 Å². The smallest absolute Gasteiger partial charge is 0.137 e. The van der Waals surface area contributed by atoms with Gasteiger partial charge in [-0.05, 0) is 142 Å². The Labute approximate surface area is 441 Å². The van der Waals surface area contributed by atoms with E-state index in [1.54, 1.807) is 0 Å². The number of rotatable bonds is 11. The van der Waals surface area contributed by atoms with Crippen molar-refractivity contribution in [1.82, 2.24) is 18.8 Å². The molecule has 14 aromatic rings. The van der Waals surface area contributed by atoms with Crippen LogP contribution < -0.4 is 9.80 Å². The van der Waals surface area contributed by atoms with Gasteiger partial charge in [0.25, 0.3) is 0 Å². The molecule has 0 aliphatic heterocycles. The van der Waals surface area contributed by atoms with Crippen LogP contribution in [0.2, 0.25) is 0 Å². The van der Waals surface area contributed by atoms with Gasteiger partial charge in [0.05, 0.1) is 22.8 Å². The van der Waals surface area contributed by atoms with Crippen molar-refractivity contribution >= 4 is 67.0 Å². The van der Waals surface area contributed by atoms with Gasteiger partial charge in [0, 0.05) is 68.8 Å². The number of anilines is 6. The van der Waals surface area contributed by atoms with Gasteiger partial charge < -0.3 is 9.80 Å². The minimum absolute atomic E-state index is 0.914. The second-order valence-electron chi connectivity index (χ2n) is 19.1. The molecule has 0 unspecified atom stereocenters. The minimum atomic E-state index is 0.914. The fourth-order valence-electron chi connectivity index (χ4n) is 10.8. The Kier molecular flexibility index (Phi) is 11.1. The molecule has 14 rings (SSSR count). The van der Waals surface area contributed by atoms with Gasteiger partial charge in [0.15, 0.2) is 0 Å². The Morgan fingerprint density at radius 2 is 0.539 bits per heavy atom. The first-order chi connectivity index (χ1) is 37.7. The molecule has 4 aromatic heterocycles. The van der Waals surface area contributed by atoms with Gasteiger partial charge in [0.1, 0.15) is 11.3 Å². The monoisotopic (exact) mass is 972 g/mol. The highest BCUT2D eigenvalue weighted by Crippen LogP contribution is 2.42. The van der Waals surface area contributed by atoms with E-state index < -0.39 is 0 Å². The van der Waals surface area contributed by atoms with Crippen LogP contribution >= 0.6 is 0 Å². The van der Waals surface area contributed by atoms with E-state index in [4.69, 9.17) is 9.97 Å². The molecule has 6 heteroatoms. The van der Waals surface area contributed by atoms with E-state index in [9.17, 15) is 0 Å². The summed E-state index contributed by atoms with van der Waals surface area (Å²) in [6.07, 6.45) is 4.21. The number of hydrogen-bond acceptors (Lipinski definition) is 4. The standard InChI is InChI=1S/C70H48N6/c1-3-19-59(20-4-1)75(63-41-33-53(34-42-63)67-69(73-45-13-11-23-65(73)71-67)57-27-25-49-15-7-9-17-55(49)47-57)61-37-29-51(30-38-61)52-31-39-62(40-32-52)76(60-21-5-2-6-22-60)64-43-35-54(36-44-64)68-70(74-46-14-12-24-66(74)72-68)58-28-26-50-16-8-10-18-56(50)48-58/h1-48H. The second kappa shape index (κ2) is 19.0. The van der Waals surface area contributed by atoms with Crippen molar-refractivity contribution in [2.24, 2.45) is 0 Å². The van der Waals surface area contributed by atoms with Gasteiger partial charge in [-0.2, -0.15) is 0 Å². The van der Waals surface area contributed by atoms with Gasteiger partial charge in [-0.25, -0.2) is 9.97 Å². The number of imidazole rings is 2. The van der Waals surface area contributed by atoms with E-state index in [1.165, 1.54) is 21.5 Å². The largest absolute Gasteiger partial charge is 0.311 e. The SMILES string of the molecule is c1ccc(N(c2ccc(-c3ccc(N(c4ccccc4)c4ccc(-c5nc6ccccn6c5-c5ccc6ccccc6c5)cc4)cc3)cc2)c2ccc(-c3nc4ccccn4c3-c3ccc4ccccc4c3)cc2)cc1. The van der Waals surface area contributed by atoms with Crippen LogP contribution in [0.15, 0.2) is 291 Å². The third-order valence-corrected chi connectivity index (χ3v) is 14.5. The minimum Gasteiger partial charge on any atom is -0.311 e. The van der Waals surface area contributed by atoms with E-state index in [0.717, 1.165) is 102 Å². The molecule has 76 heavy (non-hydrogen) atoms. The highest BCUT2D eigenvalue weighted by atomic mass is 15.1. The summed E-state index contributed by atoms with van der Waals surface area (Å²) in [4.78, 5) is 15.0. The average molecular weight is 973 g/mol. The molecule has 0 bridgehead atoms. The molecule has 0 radical (unpaired) electrons. The molecule has 358 valence electrons. The van der Waals surface area contributed by atoms with Gasteiger partial charge in [-0.1, -0.05) is 170 Å². The summed E-state index contributed by atoms with van der Waals surface area (Å²) >= 11 is 0. The van der Waals surface area contributed by atoms with Crippen LogP contribution in [0.4, 0.5) is 34.1 Å². The predicted octanol–water partition coefficient (Wildman–Crippen LogP) is 18.6. The van der Waals surface area contributed by atoms with Crippen LogP contribution in [0.5, 0.6) is 0 Å². The zero-order valence-corrected chi connectivity index (χ0v) is 41.4. The molecule has 0 saturated heterocycles. The average Bonchev–Trinajstić information content (AvgIpc) is 4.12. The normalized spacial score (nSPS) is 11.4. The van der Waals surface area contributed by atoms with E-state index >= 15 is 0 Å². The molecule has 0 fully saturated rings. The Bertz CT molecular complexity index is 4090. The predicted molar refractivity (Wildman–Crippen MR) is 316 cm³/mol. The number of hydrogen-bond donors (Lipinski definition) is 0. The molecule has 0 amide bonds. The number of benzene rings is 10. The lowest BCUT2D eigenvalue weighted by molar-refractivity contribution is 1.19. The Balaban J connectivity index is 0.760. The fraction of sp³-hybridized carbons (Fsp3) is 0. The number of para-hydroxylation sites is 2. The molecule has 0 saturated carbocycles. The Morgan fingerprint density at radius 3 is 0.921 bits per heavy atom. The van der Waals surface area contributed by atoms with Crippen molar-refractivity contribution in [1.29, 1.82) is 0 Å². The number of fused-ring (bicyclic) bond motifs is 4. The molecule has 0 N–H and O–H groups in total. The maximum absolute atomic E-state index is 5.20. The van der Waals surface area contributed by atoms with Crippen LogP contribution in [0.1, 0.15) is 0 Å². The molecule has 0 spiro atoms. The van der Waals surface area contributed by atoms with Gasteiger partial charge in [0.2, 0.25) is 0 Å². The summed E-state index contributed by atoms with van der Waals surface area (Å²) in [7, 11) is 0. The molecule has 10 aromatic carbocycles. The first kappa shape index (κ1) is 44.4. The molecular formula is C70H48N6. The lowest BCUT2D eigenvalue weighted by Crippen LogP contribution is -2.10. The van der Waals surface area contributed by atoms with Gasteiger partial charge in [-0.3, -0.25) is 8.80 Å². The summed E-state index contributed by atoms with van der Waals surface area (Å²) in [5, 5.41) is 4.84. The van der Waals surface area contributed by atoms with Crippen molar-refractivity contribution in [3.63, 3.8) is 0 Å². The maximum Gasteiger partial charge on any atom is 0.137 e. The van der Waals surface area contributed by atoms with E-state index in [0.29, 0.717) is 0 Å². The number of nitrogens with zero attached hydrogens (tertiary/aromatic N) is 6. The highest BCUT2D eigenvalue weighted by Gasteiger charge is 2.21. The Morgan fingerprint density at radius 1 is 0.237 bits per heavy atom. The Hall–Kier alpha value is -10.3. The second-order valence-corrected chi connectivity index (χ2v) is 19.1. The van der Waals surface area contributed by atoms with Crippen molar-refractivity contribution < 1.29 is 0 Å². The first-order valence-corrected chi connectivity index (χ1v) is 25.7. The molecule has 0 atom stereocenters. The van der Waals surface area contributed by atoms with E-state index in [-0.39, 0.29) is 0 Å². The maximum atomic E-state index is 5.20. The molecule has 0 aliphatic rings.